The summed E-state index contributed by atoms with van der Waals surface area (Å²) < 4.78 is 7.02. The monoisotopic (exact) mass is 572 g/mol. The molecule has 4 rings (SSSR count). The first-order chi connectivity index (χ1) is 18.5. The summed E-state index contributed by atoms with van der Waals surface area (Å²) >= 11 is 3.48. The van der Waals surface area contributed by atoms with Gasteiger partial charge in [0.25, 0.3) is 5.91 Å². The predicted octanol–water partition coefficient (Wildman–Crippen LogP) is 6.54. The van der Waals surface area contributed by atoms with Gasteiger partial charge in [-0.2, -0.15) is 0 Å². The first-order valence-corrected chi connectivity index (χ1v) is 13.8. The van der Waals surface area contributed by atoms with E-state index in [-0.39, 0.29) is 18.4 Å². The van der Waals surface area contributed by atoms with E-state index in [9.17, 15) is 9.59 Å². The number of hydrogen-bond donors (Lipinski definition) is 1. The molecule has 0 radical (unpaired) electrons. The quantitative estimate of drug-likeness (QED) is 0.196. The molecule has 2 amide bonds. The smallest absolute Gasteiger partial charge is 0.261 e. The number of amides is 2. The SMILES string of the molecule is CCCCNC(=O)[C@H](Cc1ccccc1)N(Cc1ccc(Br)cc1)C(=O)COc1cccc2ccccc12. The van der Waals surface area contributed by atoms with Crippen LogP contribution in [0.25, 0.3) is 10.8 Å². The maximum atomic E-state index is 13.8. The van der Waals surface area contributed by atoms with Crippen molar-refractivity contribution in [2.24, 2.45) is 0 Å². The van der Waals surface area contributed by atoms with Crippen molar-refractivity contribution in [2.75, 3.05) is 13.2 Å². The number of nitrogens with zero attached hydrogens (tertiary/aromatic N) is 1. The molecule has 0 aliphatic heterocycles. The number of unbranched alkanes of at least 4 members (excludes halogenated alkanes) is 1. The number of nitrogens with one attached hydrogen (secondary N) is 1. The topological polar surface area (TPSA) is 58.6 Å². The van der Waals surface area contributed by atoms with Crippen LogP contribution >= 0.6 is 15.9 Å². The second-order valence-corrected chi connectivity index (χ2v) is 10.2. The Morgan fingerprint density at radius 1 is 0.868 bits per heavy atom. The highest BCUT2D eigenvalue weighted by Crippen LogP contribution is 2.25. The molecule has 0 bridgehead atoms. The third-order valence-electron chi connectivity index (χ3n) is 6.47. The molecule has 196 valence electrons. The van der Waals surface area contributed by atoms with E-state index in [0.717, 1.165) is 39.2 Å². The van der Waals surface area contributed by atoms with Crippen molar-refractivity contribution in [1.29, 1.82) is 0 Å². The lowest BCUT2D eigenvalue weighted by Gasteiger charge is -2.31. The Balaban J connectivity index is 1.62. The molecule has 5 nitrogen and oxygen atoms in total. The molecule has 38 heavy (non-hydrogen) atoms. The molecule has 6 heteroatoms. The van der Waals surface area contributed by atoms with Gasteiger partial charge in [-0.05, 0) is 41.1 Å². The molecule has 0 fully saturated rings. The lowest BCUT2D eigenvalue weighted by Crippen LogP contribution is -2.51. The summed E-state index contributed by atoms with van der Waals surface area (Å²) in [4.78, 5) is 29.0. The fourth-order valence-corrected chi connectivity index (χ4v) is 4.65. The normalized spacial score (nSPS) is 11.6. The summed E-state index contributed by atoms with van der Waals surface area (Å²) in [7, 11) is 0. The van der Waals surface area contributed by atoms with E-state index in [0.29, 0.717) is 25.3 Å². The van der Waals surface area contributed by atoms with Gasteiger partial charge in [-0.1, -0.05) is 108 Å². The van der Waals surface area contributed by atoms with Crippen molar-refractivity contribution < 1.29 is 14.3 Å². The van der Waals surface area contributed by atoms with E-state index in [2.05, 4.69) is 28.2 Å². The van der Waals surface area contributed by atoms with Crippen molar-refractivity contribution >= 4 is 38.5 Å². The predicted molar refractivity (Wildman–Crippen MR) is 156 cm³/mol. The number of hydrogen-bond acceptors (Lipinski definition) is 3. The Morgan fingerprint density at radius 2 is 1.58 bits per heavy atom. The van der Waals surface area contributed by atoms with Crippen LogP contribution in [0, 0.1) is 0 Å². The minimum Gasteiger partial charge on any atom is -0.483 e. The molecule has 4 aromatic rings. The highest BCUT2D eigenvalue weighted by Gasteiger charge is 2.30. The Kier molecular flexibility index (Phi) is 9.93. The van der Waals surface area contributed by atoms with Gasteiger partial charge in [0.1, 0.15) is 11.8 Å². The fraction of sp³-hybridized carbons (Fsp3) is 0.250. The van der Waals surface area contributed by atoms with Crippen LogP contribution in [0.3, 0.4) is 0 Å². The average molecular weight is 574 g/mol. The van der Waals surface area contributed by atoms with E-state index in [1.165, 1.54) is 0 Å². The third-order valence-corrected chi connectivity index (χ3v) is 7.00. The van der Waals surface area contributed by atoms with Gasteiger partial charge in [0.15, 0.2) is 6.61 Å². The number of carbonyl (C=O) groups excluding carboxylic acids is 2. The van der Waals surface area contributed by atoms with E-state index < -0.39 is 6.04 Å². The number of halogens is 1. The minimum atomic E-state index is -0.679. The van der Waals surface area contributed by atoms with Crippen molar-refractivity contribution in [2.45, 2.75) is 38.8 Å². The van der Waals surface area contributed by atoms with Crippen molar-refractivity contribution in [3.05, 3.63) is 113 Å². The summed E-state index contributed by atoms with van der Waals surface area (Å²) in [6.45, 7) is 2.79. The lowest BCUT2D eigenvalue weighted by molar-refractivity contribution is -0.142. The zero-order valence-corrected chi connectivity index (χ0v) is 23.2. The average Bonchev–Trinajstić information content (AvgIpc) is 2.95. The summed E-state index contributed by atoms with van der Waals surface area (Å²) in [6.07, 6.45) is 2.27. The molecular weight excluding hydrogens is 540 g/mol. The Labute approximate surface area is 232 Å². The van der Waals surface area contributed by atoms with Crippen LogP contribution in [0.5, 0.6) is 5.75 Å². The molecule has 0 heterocycles. The first-order valence-electron chi connectivity index (χ1n) is 13.0. The van der Waals surface area contributed by atoms with Crippen LogP contribution in [0.4, 0.5) is 0 Å². The van der Waals surface area contributed by atoms with Gasteiger partial charge in [0.2, 0.25) is 5.91 Å². The van der Waals surface area contributed by atoms with Gasteiger partial charge < -0.3 is 15.0 Å². The summed E-state index contributed by atoms with van der Waals surface area (Å²) in [6, 6.07) is 30.7. The Bertz CT molecular complexity index is 1340. The number of benzene rings is 4. The van der Waals surface area contributed by atoms with Gasteiger partial charge in [0, 0.05) is 29.4 Å². The molecule has 0 aromatic heterocycles. The zero-order chi connectivity index (χ0) is 26.7. The summed E-state index contributed by atoms with van der Waals surface area (Å²) in [5.74, 6) is 0.248. The van der Waals surface area contributed by atoms with Gasteiger partial charge in [-0.25, -0.2) is 0 Å². The Hall–Kier alpha value is -3.64. The van der Waals surface area contributed by atoms with Gasteiger partial charge >= 0.3 is 0 Å². The van der Waals surface area contributed by atoms with E-state index in [1.807, 2.05) is 97.1 Å². The second-order valence-electron chi connectivity index (χ2n) is 9.26. The molecular formula is C32H33BrN2O3. The van der Waals surface area contributed by atoms with E-state index in [1.54, 1.807) is 4.90 Å². The maximum Gasteiger partial charge on any atom is 0.261 e. The van der Waals surface area contributed by atoms with E-state index >= 15 is 0 Å². The molecule has 4 aromatic carbocycles. The highest BCUT2D eigenvalue weighted by molar-refractivity contribution is 9.10. The van der Waals surface area contributed by atoms with Crippen LogP contribution in [0.1, 0.15) is 30.9 Å². The standard InChI is InChI=1S/C32H33BrN2O3/c1-2-3-20-34-32(37)29(21-24-10-5-4-6-11-24)35(22-25-16-18-27(33)19-17-25)31(36)23-38-30-15-9-13-26-12-7-8-14-28(26)30/h4-19,29H,2-3,20-23H2,1H3,(H,34,37)/t29-/m0/s1. The number of rotatable bonds is 12. The largest absolute Gasteiger partial charge is 0.483 e. The summed E-state index contributed by atoms with van der Waals surface area (Å²) in [5, 5.41) is 5.04. The Morgan fingerprint density at radius 3 is 2.34 bits per heavy atom. The highest BCUT2D eigenvalue weighted by atomic mass is 79.9. The molecule has 0 saturated carbocycles. The van der Waals surface area contributed by atoms with Crippen LogP contribution in [0.15, 0.2) is 102 Å². The maximum absolute atomic E-state index is 13.8. The number of ether oxygens (including phenoxy) is 1. The minimum absolute atomic E-state index is 0.155. The second kappa shape index (κ2) is 13.8. The van der Waals surface area contributed by atoms with Crippen molar-refractivity contribution in [1.82, 2.24) is 10.2 Å². The van der Waals surface area contributed by atoms with Crippen LogP contribution in [0.2, 0.25) is 0 Å². The van der Waals surface area contributed by atoms with Crippen LogP contribution < -0.4 is 10.1 Å². The van der Waals surface area contributed by atoms with Crippen LogP contribution in [-0.2, 0) is 22.6 Å². The molecule has 0 aliphatic rings. The number of carbonyl (C=O) groups is 2. The van der Waals surface area contributed by atoms with E-state index in [4.69, 9.17) is 4.74 Å². The van der Waals surface area contributed by atoms with Gasteiger partial charge in [0.05, 0.1) is 0 Å². The molecule has 0 aliphatic carbocycles. The van der Waals surface area contributed by atoms with Crippen molar-refractivity contribution in [3.8, 4) is 5.75 Å². The third kappa shape index (κ3) is 7.45. The molecule has 0 unspecified atom stereocenters. The molecule has 0 spiro atoms. The van der Waals surface area contributed by atoms with Crippen molar-refractivity contribution in [3.63, 3.8) is 0 Å². The number of fused-ring (bicyclic) bond motifs is 1. The molecule has 0 saturated heterocycles. The molecule has 1 N–H and O–H groups in total. The first kappa shape index (κ1) is 27.4. The zero-order valence-electron chi connectivity index (χ0n) is 21.6. The van der Waals surface area contributed by atoms with Gasteiger partial charge in [-0.3, -0.25) is 9.59 Å². The fourth-order valence-electron chi connectivity index (χ4n) is 4.39. The van der Waals surface area contributed by atoms with Gasteiger partial charge in [-0.15, -0.1) is 0 Å². The van der Waals surface area contributed by atoms with Crippen LogP contribution in [-0.4, -0.2) is 35.9 Å². The summed E-state index contributed by atoms with van der Waals surface area (Å²) in [5.41, 5.74) is 1.93. The lowest BCUT2D eigenvalue weighted by atomic mass is 10.0. The molecule has 1 atom stereocenters.